The molecule has 0 amide bonds. The van der Waals surface area contributed by atoms with Crippen molar-refractivity contribution in [1.29, 1.82) is 0 Å². The van der Waals surface area contributed by atoms with Crippen LogP contribution < -0.4 is 0 Å². The molecule has 0 aliphatic rings. The molecule has 0 spiro atoms. The van der Waals surface area contributed by atoms with Crippen LogP contribution in [0.4, 0.5) is 0 Å². The highest BCUT2D eigenvalue weighted by Crippen LogP contribution is 2.32. The Morgan fingerprint density at radius 1 is 1.62 bits per heavy atom. The molecule has 0 bridgehead atoms. The van der Waals surface area contributed by atoms with Crippen LogP contribution in [0.25, 0.3) is 0 Å². The van der Waals surface area contributed by atoms with E-state index in [0.717, 1.165) is 6.21 Å². The van der Waals surface area contributed by atoms with Crippen LogP contribution >= 0.6 is 7.60 Å². The molecule has 0 fully saturated rings. The molecule has 0 aromatic rings. The van der Waals surface area contributed by atoms with E-state index in [1.165, 1.54) is 0 Å². The maximum atomic E-state index is 9.88. The lowest BCUT2D eigenvalue weighted by Gasteiger charge is -1.93. The number of rotatable bonds is 2. The van der Waals surface area contributed by atoms with Gasteiger partial charge in [0.1, 0.15) is 0 Å². The zero-order valence-corrected chi connectivity index (χ0v) is 4.82. The maximum absolute atomic E-state index is 9.88. The van der Waals surface area contributed by atoms with Crippen LogP contribution in [0.2, 0.25) is 0 Å². The smallest absolute Gasteiger partial charge is 0.330 e. The molecule has 0 unspecified atom stereocenters. The van der Waals surface area contributed by atoms with Crippen LogP contribution in [0.1, 0.15) is 0 Å². The van der Waals surface area contributed by atoms with Crippen molar-refractivity contribution in [3.8, 4) is 0 Å². The van der Waals surface area contributed by atoms with Gasteiger partial charge in [-0.3, -0.25) is 4.57 Å². The van der Waals surface area contributed by atoms with Crippen molar-refractivity contribution >= 4 is 13.8 Å². The molecule has 0 radical (unpaired) electrons. The van der Waals surface area contributed by atoms with Crippen molar-refractivity contribution in [3.05, 3.63) is 0 Å². The minimum Gasteiger partial charge on any atom is -0.411 e. The summed E-state index contributed by atoms with van der Waals surface area (Å²) < 4.78 is 9.88. The van der Waals surface area contributed by atoms with Crippen LogP contribution in [0.3, 0.4) is 0 Å². The van der Waals surface area contributed by atoms with Crippen molar-refractivity contribution in [1.82, 2.24) is 0 Å². The molecular weight excluding hydrogens is 133 g/mol. The van der Waals surface area contributed by atoms with E-state index < -0.39 is 13.8 Å². The van der Waals surface area contributed by atoms with Gasteiger partial charge >= 0.3 is 7.60 Å². The fourth-order valence-corrected chi connectivity index (χ4v) is 0.429. The number of hydrogen-bond acceptors (Lipinski definition) is 3. The number of nitrogens with zero attached hydrogens (tertiary/aromatic N) is 1. The van der Waals surface area contributed by atoms with Gasteiger partial charge in [0, 0.05) is 0 Å². The van der Waals surface area contributed by atoms with Crippen LogP contribution in [-0.2, 0) is 4.57 Å². The van der Waals surface area contributed by atoms with E-state index >= 15 is 0 Å². The molecule has 0 aliphatic carbocycles. The normalized spacial score (nSPS) is 12.8. The molecule has 48 valence electrons. The van der Waals surface area contributed by atoms with Gasteiger partial charge in [0.2, 0.25) is 0 Å². The largest absolute Gasteiger partial charge is 0.411 e. The average molecular weight is 139 g/mol. The van der Waals surface area contributed by atoms with Gasteiger partial charge in [0.15, 0.2) is 0 Å². The SMILES string of the molecule is O=P(O)(O)C/C=N/O. The van der Waals surface area contributed by atoms with E-state index in [-0.39, 0.29) is 0 Å². The Labute approximate surface area is 45.8 Å². The average Bonchev–Trinajstić information content (AvgIpc) is 1.59. The fraction of sp³-hybridized carbons (Fsp3) is 0.500. The molecule has 5 nitrogen and oxygen atoms in total. The molecule has 0 atom stereocenters. The van der Waals surface area contributed by atoms with Gasteiger partial charge in [-0.25, -0.2) is 0 Å². The third-order valence-electron chi connectivity index (χ3n) is 0.401. The summed E-state index contributed by atoms with van der Waals surface area (Å²) in [5.74, 6) is 0. The lowest BCUT2D eigenvalue weighted by atomic mass is 10.9. The van der Waals surface area contributed by atoms with Gasteiger partial charge in [-0.05, 0) is 0 Å². The van der Waals surface area contributed by atoms with Gasteiger partial charge in [-0.2, -0.15) is 0 Å². The first kappa shape index (κ1) is 7.62. The number of oxime groups is 1. The van der Waals surface area contributed by atoms with Crippen LogP contribution in [0, 0.1) is 0 Å². The summed E-state index contributed by atoms with van der Waals surface area (Å²) in [6, 6.07) is 0. The van der Waals surface area contributed by atoms with Gasteiger partial charge < -0.3 is 15.0 Å². The Kier molecular flexibility index (Phi) is 2.68. The summed E-state index contributed by atoms with van der Waals surface area (Å²) in [7, 11) is -3.99. The van der Waals surface area contributed by atoms with Crippen LogP contribution in [-0.4, -0.2) is 27.4 Å². The Hall–Kier alpha value is -0.380. The van der Waals surface area contributed by atoms with E-state index in [9.17, 15) is 4.57 Å². The van der Waals surface area contributed by atoms with Gasteiger partial charge in [0.25, 0.3) is 0 Å². The third kappa shape index (κ3) is 5.62. The first-order valence-corrected chi connectivity index (χ1v) is 3.56. The monoisotopic (exact) mass is 139 g/mol. The molecule has 0 saturated carbocycles. The minimum atomic E-state index is -3.99. The van der Waals surface area contributed by atoms with E-state index in [0.29, 0.717) is 0 Å². The summed E-state index contributed by atoms with van der Waals surface area (Å²) in [5.41, 5.74) is 0. The van der Waals surface area contributed by atoms with Crippen molar-refractivity contribution in [2.45, 2.75) is 0 Å². The molecular formula is C2H6NO4P. The molecule has 0 heterocycles. The summed E-state index contributed by atoms with van der Waals surface area (Å²) in [5, 5.41) is 10.1. The molecule has 0 aliphatic heterocycles. The predicted molar refractivity (Wildman–Crippen MR) is 27.2 cm³/mol. The van der Waals surface area contributed by atoms with E-state index in [1.807, 2.05) is 0 Å². The standard InChI is InChI=1S/C2H6NO4P/c4-3-1-2-8(5,6)7/h1,4H,2H2,(H2,5,6,7)/b3-1+. The first-order chi connectivity index (χ1) is 3.56. The van der Waals surface area contributed by atoms with Crippen molar-refractivity contribution in [2.24, 2.45) is 5.16 Å². The Morgan fingerprint density at radius 2 is 2.12 bits per heavy atom. The van der Waals surface area contributed by atoms with Crippen molar-refractivity contribution in [3.63, 3.8) is 0 Å². The minimum absolute atomic E-state index is 0.510. The highest BCUT2D eigenvalue weighted by Gasteiger charge is 2.08. The highest BCUT2D eigenvalue weighted by atomic mass is 31.2. The van der Waals surface area contributed by atoms with Gasteiger partial charge in [-0.1, -0.05) is 0 Å². The maximum Gasteiger partial charge on any atom is 0.330 e. The second kappa shape index (κ2) is 2.81. The topological polar surface area (TPSA) is 90.1 Å². The molecule has 0 aromatic carbocycles. The van der Waals surface area contributed by atoms with Crippen LogP contribution in [0.15, 0.2) is 5.16 Å². The second-order valence-corrected chi connectivity index (χ2v) is 2.84. The van der Waals surface area contributed by atoms with E-state index in [4.69, 9.17) is 15.0 Å². The summed E-state index contributed by atoms with van der Waals surface area (Å²) in [4.78, 5) is 16.1. The molecule has 8 heavy (non-hydrogen) atoms. The Balaban J connectivity index is 3.57. The molecule has 0 rings (SSSR count). The molecule has 0 saturated heterocycles. The van der Waals surface area contributed by atoms with Gasteiger partial charge in [-0.15, -0.1) is 5.16 Å². The van der Waals surface area contributed by atoms with Crippen LogP contribution in [0.5, 0.6) is 0 Å². The fourth-order valence-electron chi connectivity index (χ4n) is 0.143. The second-order valence-electron chi connectivity index (χ2n) is 1.15. The lowest BCUT2D eigenvalue weighted by Crippen LogP contribution is -1.86. The van der Waals surface area contributed by atoms with E-state index in [1.54, 1.807) is 0 Å². The Morgan fingerprint density at radius 3 is 2.25 bits per heavy atom. The molecule has 6 heteroatoms. The predicted octanol–water partition coefficient (Wildman–Crippen LogP) is -0.376. The number of hydrogen-bond donors (Lipinski definition) is 3. The summed E-state index contributed by atoms with van der Waals surface area (Å²) in [6.45, 7) is 0. The van der Waals surface area contributed by atoms with Gasteiger partial charge in [0.05, 0.1) is 12.4 Å². The third-order valence-corrected chi connectivity index (χ3v) is 1.04. The molecule has 3 N–H and O–H groups in total. The Bertz CT molecular complexity index is 126. The highest BCUT2D eigenvalue weighted by molar-refractivity contribution is 7.52. The van der Waals surface area contributed by atoms with Crippen molar-refractivity contribution in [2.75, 3.05) is 6.16 Å². The zero-order chi connectivity index (χ0) is 6.62. The summed E-state index contributed by atoms with van der Waals surface area (Å²) in [6.07, 6.45) is 0.240. The molecule has 0 aromatic heterocycles. The lowest BCUT2D eigenvalue weighted by molar-refractivity contribution is 0.320. The zero-order valence-electron chi connectivity index (χ0n) is 3.93. The quantitative estimate of drug-likeness (QED) is 0.210. The van der Waals surface area contributed by atoms with E-state index in [2.05, 4.69) is 5.16 Å². The summed E-state index contributed by atoms with van der Waals surface area (Å²) >= 11 is 0. The van der Waals surface area contributed by atoms with Crippen molar-refractivity contribution < 1.29 is 19.6 Å². The first-order valence-electron chi connectivity index (χ1n) is 1.77.